The van der Waals surface area contributed by atoms with E-state index in [0.717, 1.165) is 24.5 Å². The van der Waals surface area contributed by atoms with Gasteiger partial charge in [0, 0.05) is 35.5 Å². The van der Waals surface area contributed by atoms with Crippen LogP contribution in [0.5, 0.6) is 0 Å². The van der Waals surface area contributed by atoms with Gasteiger partial charge in [-0.1, -0.05) is 72.8 Å². The summed E-state index contributed by atoms with van der Waals surface area (Å²) in [4.78, 5) is 24.1. The average molecular weight is 489 g/mol. The fourth-order valence-electron chi connectivity index (χ4n) is 5.11. The van der Waals surface area contributed by atoms with Gasteiger partial charge in [0.25, 0.3) is 5.69 Å². The third-order valence-corrected chi connectivity index (χ3v) is 7.05. The summed E-state index contributed by atoms with van der Waals surface area (Å²) in [6.45, 7) is 1.69. The molecule has 1 N–H and O–H groups in total. The molecule has 6 rings (SSSR count). The Bertz CT molecular complexity index is 1580. The van der Waals surface area contributed by atoms with Crippen molar-refractivity contribution in [2.24, 2.45) is 5.92 Å². The fourth-order valence-corrected chi connectivity index (χ4v) is 5.11. The lowest BCUT2D eigenvalue weighted by Crippen LogP contribution is -2.37. The van der Waals surface area contributed by atoms with E-state index in [-0.39, 0.29) is 17.4 Å². The highest BCUT2D eigenvalue weighted by atomic mass is 16.6. The maximum atomic E-state index is 13.2. The lowest BCUT2D eigenvalue weighted by molar-refractivity contribution is -0.385. The van der Waals surface area contributed by atoms with Gasteiger partial charge >= 0.3 is 0 Å². The van der Waals surface area contributed by atoms with E-state index in [1.54, 1.807) is 19.1 Å². The van der Waals surface area contributed by atoms with Crippen LogP contribution in [0.3, 0.4) is 0 Å². The summed E-state index contributed by atoms with van der Waals surface area (Å²) in [5, 5.41) is 16.6. The molecule has 1 unspecified atom stereocenters. The second-order valence-corrected chi connectivity index (χ2v) is 9.37. The van der Waals surface area contributed by atoms with Crippen LogP contribution in [0.4, 0.5) is 5.69 Å². The Balaban J connectivity index is 0.000000348. The number of nitro benzene ring substituents is 1. The van der Waals surface area contributed by atoms with Crippen molar-refractivity contribution in [3.8, 4) is 11.1 Å². The Hall–Kier alpha value is -4.51. The summed E-state index contributed by atoms with van der Waals surface area (Å²) in [7, 11) is 0. The van der Waals surface area contributed by atoms with Gasteiger partial charge in [-0.3, -0.25) is 14.9 Å². The van der Waals surface area contributed by atoms with Gasteiger partial charge in [0.15, 0.2) is 5.78 Å². The van der Waals surface area contributed by atoms with E-state index in [9.17, 15) is 14.9 Å². The van der Waals surface area contributed by atoms with Gasteiger partial charge in [-0.15, -0.1) is 0 Å². The number of ketones is 1. The molecule has 0 saturated heterocycles. The molecule has 5 heteroatoms. The molecule has 184 valence electrons. The first-order chi connectivity index (χ1) is 18.0. The molecule has 1 heterocycles. The number of carbonyl (C=O) groups is 1. The van der Waals surface area contributed by atoms with Crippen LogP contribution in [0, 0.1) is 23.0 Å². The Morgan fingerprint density at radius 3 is 2.49 bits per heavy atom. The molecule has 0 radical (unpaired) electrons. The largest absolute Gasteiger partial charge is 0.368 e. The molecule has 3 aromatic carbocycles. The number of hydrogen-bond donors (Lipinski definition) is 1. The number of allylic oxidation sites excluding steroid dienone is 4. The van der Waals surface area contributed by atoms with Crippen LogP contribution in [-0.4, -0.2) is 10.7 Å². The molecule has 0 spiro atoms. The van der Waals surface area contributed by atoms with Gasteiger partial charge in [0.2, 0.25) is 0 Å². The SMILES string of the molecule is C1=CC=CNC=C1.Cc1ccc(C(=O)C2C=c3c(ccc4c3=CCc3ccccc3-4)CC2)cc1[N+](=O)[O-]. The second-order valence-electron chi connectivity index (χ2n) is 9.37. The highest BCUT2D eigenvalue weighted by molar-refractivity contribution is 6.02. The molecule has 5 nitrogen and oxygen atoms in total. The minimum absolute atomic E-state index is 0.000575. The number of Topliss-reactive ketones (excluding diaryl/α,β-unsaturated/α-hetero) is 1. The molecule has 3 aromatic rings. The summed E-state index contributed by atoms with van der Waals surface area (Å²) in [6, 6.07) is 17.6. The topological polar surface area (TPSA) is 72.2 Å². The number of fused-ring (bicyclic) bond motifs is 5. The first-order valence-corrected chi connectivity index (χ1v) is 12.5. The number of nitrogens with one attached hydrogen (secondary N) is 1. The molecular weight excluding hydrogens is 460 g/mol. The van der Waals surface area contributed by atoms with Gasteiger partial charge in [-0.05, 0) is 71.0 Å². The van der Waals surface area contributed by atoms with Gasteiger partial charge in [0.1, 0.15) is 0 Å². The molecule has 3 aliphatic rings. The summed E-state index contributed by atoms with van der Waals surface area (Å²) >= 11 is 0. The van der Waals surface area contributed by atoms with E-state index >= 15 is 0 Å². The summed E-state index contributed by atoms with van der Waals surface area (Å²) in [5.41, 5.74) is 6.04. The van der Waals surface area contributed by atoms with Crippen LogP contribution in [0.2, 0.25) is 0 Å². The van der Waals surface area contributed by atoms with Crippen molar-refractivity contribution in [1.82, 2.24) is 5.32 Å². The summed E-state index contributed by atoms with van der Waals surface area (Å²) < 4.78 is 0. The Labute approximate surface area is 216 Å². The molecule has 1 atom stereocenters. The molecule has 0 aromatic heterocycles. The van der Waals surface area contributed by atoms with Crippen molar-refractivity contribution in [3.63, 3.8) is 0 Å². The van der Waals surface area contributed by atoms with Crippen molar-refractivity contribution in [3.05, 3.63) is 134 Å². The van der Waals surface area contributed by atoms with E-state index in [1.807, 2.05) is 36.7 Å². The standard InChI is InChI=1S/C26H21NO3.C6H7N/c1-16-6-7-20(15-25(16)27(29)30)26(28)19-9-8-18-11-12-22-21-5-3-2-4-17(21)10-13-23(22)24(18)14-19;1-2-4-6-7-5-3-1/h2-7,11-15,19H,8-10H2,1H3;1-7H. The van der Waals surface area contributed by atoms with Crippen LogP contribution in [-0.2, 0) is 12.8 Å². The second kappa shape index (κ2) is 10.6. The molecule has 37 heavy (non-hydrogen) atoms. The molecule has 1 aliphatic heterocycles. The fraction of sp³-hybridized carbons (Fsp3) is 0.156. The smallest absolute Gasteiger partial charge is 0.273 e. The lowest BCUT2D eigenvalue weighted by atomic mass is 9.82. The quantitative estimate of drug-likeness (QED) is 0.308. The number of carbonyl (C=O) groups excluding carboxylic acids is 1. The van der Waals surface area contributed by atoms with Crippen LogP contribution < -0.4 is 15.8 Å². The van der Waals surface area contributed by atoms with Gasteiger partial charge in [0.05, 0.1) is 4.92 Å². The van der Waals surface area contributed by atoms with Crippen molar-refractivity contribution >= 4 is 23.6 Å². The zero-order chi connectivity index (χ0) is 25.8. The molecule has 2 aliphatic carbocycles. The predicted octanol–water partition coefficient (Wildman–Crippen LogP) is 5.31. The van der Waals surface area contributed by atoms with Crippen LogP contribution in [0.25, 0.3) is 23.3 Å². The number of rotatable bonds is 3. The molecule has 0 fully saturated rings. The maximum Gasteiger partial charge on any atom is 0.273 e. The van der Waals surface area contributed by atoms with Crippen LogP contribution in [0.15, 0.2) is 91.3 Å². The van der Waals surface area contributed by atoms with E-state index in [2.05, 4.69) is 53.9 Å². The number of benzene rings is 3. The minimum atomic E-state index is -0.422. The third-order valence-electron chi connectivity index (χ3n) is 7.05. The number of aryl methyl sites for hydroxylation is 2. The number of nitro groups is 1. The van der Waals surface area contributed by atoms with Gasteiger partial charge in [-0.25, -0.2) is 0 Å². The Morgan fingerprint density at radius 1 is 0.919 bits per heavy atom. The molecular formula is C32H28N2O3. The molecule has 0 bridgehead atoms. The van der Waals surface area contributed by atoms with Crippen LogP contribution in [0.1, 0.15) is 33.5 Å². The van der Waals surface area contributed by atoms with Crippen LogP contribution >= 0.6 is 0 Å². The third kappa shape index (κ3) is 5.07. The molecule has 0 amide bonds. The zero-order valence-corrected chi connectivity index (χ0v) is 20.7. The monoisotopic (exact) mass is 488 g/mol. The first kappa shape index (κ1) is 24.2. The van der Waals surface area contributed by atoms with E-state index in [0.29, 0.717) is 11.1 Å². The van der Waals surface area contributed by atoms with Gasteiger partial charge < -0.3 is 5.32 Å². The van der Waals surface area contributed by atoms with Crippen molar-refractivity contribution in [2.45, 2.75) is 26.2 Å². The van der Waals surface area contributed by atoms with E-state index in [1.165, 1.54) is 33.5 Å². The summed E-state index contributed by atoms with van der Waals surface area (Å²) in [6.07, 6.45) is 18.4. The highest BCUT2D eigenvalue weighted by Gasteiger charge is 2.24. The Kier molecular flexibility index (Phi) is 6.95. The normalized spacial score (nSPS) is 16.3. The summed E-state index contributed by atoms with van der Waals surface area (Å²) in [5.74, 6) is -0.311. The maximum absolute atomic E-state index is 13.2. The van der Waals surface area contributed by atoms with Crippen molar-refractivity contribution in [2.75, 3.05) is 0 Å². The highest BCUT2D eigenvalue weighted by Crippen LogP contribution is 2.27. The average Bonchev–Trinajstić information content (AvgIpc) is 3.26. The minimum Gasteiger partial charge on any atom is -0.368 e. The molecule has 0 saturated carbocycles. The first-order valence-electron chi connectivity index (χ1n) is 12.5. The van der Waals surface area contributed by atoms with E-state index in [4.69, 9.17) is 0 Å². The van der Waals surface area contributed by atoms with E-state index < -0.39 is 4.92 Å². The number of nitrogens with zero attached hydrogens (tertiary/aromatic N) is 1. The lowest BCUT2D eigenvalue weighted by Gasteiger charge is -2.21. The zero-order valence-electron chi connectivity index (χ0n) is 20.7. The predicted molar refractivity (Wildman–Crippen MR) is 148 cm³/mol. The Morgan fingerprint density at radius 2 is 1.70 bits per heavy atom. The van der Waals surface area contributed by atoms with Crippen molar-refractivity contribution < 1.29 is 9.72 Å². The van der Waals surface area contributed by atoms with Crippen molar-refractivity contribution in [1.29, 1.82) is 0 Å². The number of hydrogen-bond acceptors (Lipinski definition) is 4. The van der Waals surface area contributed by atoms with Gasteiger partial charge in [-0.2, -0.15) is 0 Å².